The first-order valence-electron chi connectivity index (χ1n) is 10.3. The summed E-state index contributed by atoms with van der Waals surface area (Å²) in [6, 6.07) is 20.4. The van der Waals surface area contributed by atoms with Crippen molar-refractivity contribution < 1.29 is 9.21 Å². The standard InChI is InChI=1S/C25H20N4O3/c1-16-5-4-6-19-23(16)26-15-29(25(19)31)14-13-22(30)27-18-11-9-17(10-12-18)24-28-20-7-2-3-8-21(20)32-24/h2-12,15H,13-14H2,1H3,(H,27,30). The van der Waals surface area contributed by atoms with Crippen LogP contribution in [-0.4, -0.2) is 20.4 Å². The molecule has 0 saturated carbocycles. The van der Waals surface area contributed by atoms with Gasteiger partial charge in [-0.2, -0.15) is 0 Å². The number of nitrogens with zero attached hydrogens (tertiary/aromatic N) is 3. The fourth-order valence-electron chi connectivity index (χ4n) is 3.63. The molecule has 158 valence electrons. The van der Waals surface area contributed by atoms with E-state index in [0.29, 0.717) is 22.5 Å². The van der Waals surface area contributed by atoms with Gasteiger partial charge in [-0.25, -0.2) is 9.97 Å². The average molecular weight is 424 g/mol. The minimum Gasteiger partial charge on any atom is -0.436 e. The predicted octanol–water partition coefficient (Wildman–Crippen LogP) is 4.54. The maximum Gasteiger partial charge on any atom is 0.261 e. The summed E-state index contributed by atoms with van der Waals surface area (Å²) in [5.41, 5.74) is 4.51. The van der Waals surface area contributed by atoms with Crippen molar-refractivity contribution in [3.8, 4) is 11.5 Å². The van der Waals surface area contributed by atoms with Gasteiger partial charge in [0, 0.05) is 24.2 Å². The molecule has 3 aromatic carbocycles. The number of benzene rings is 3. The fraction of sp³-hybridized carbons (Fsp3) is 0.120. The van der Waals surface area contributed by atoms with E-state index in [1.165, 1.54) is 10.9 Å². The largest absolute Gasteiger partial charge is 0.436 e. The minimum atomic E-state index is -0.184. The highest BCUT2D eigenvalue weighted by atomic mass is 16.3. The van der Waals surface area contributed by atoms with Crippen molar-refractivity contribution in [2.45, 2.75) is 19.9 Å². The highest BCUT2D eigenvalue weighted by Crippen LogP contribution is 2.25. The number of hydrogen-bond acceptors (Lipinski definition) is 5. The maximum absolute atomic E-state index is 12.7. The number of para-hydroxylation sites is 3. The summed E-state index contributed by atoms with van der Waals surface area (Å²) >= 11 is 0. The second-order valence-corrected chi connectivity index (χ2v) is 7.58. The van der Waals surface area contributed by atoms with Crippen molar-refractivity contribution in [1.29, 1.82) is 0 Å². The Morgan fingerprint density at radius 1 is 1.03 bits per heavy atom. The Kier molecular flexibility index (Phi) is 4.99. The van der Waals surface area contributed by atoms with Crippen molar-refractivity contribution in [3.63, 3.8) is 0 Å². The van der Waals surface area contributed by atoms with Crippen molar-refractivity contribution in [1.82, 2.24) is 14.5 Å². The first-order chi connectivity index (χ1) is 15.6. The Labute approximate surface area is 183 Å². The monoisotopic (exact) mass is 424 g/mol. The number of nitrogens with one attached hydrogen (secondary N) is 1. The molecule has 5 aromatic rings. The van der Waals surface area contributed by atoms with Gasteiger partial charge in [0.2, 0.25) is 11.8 Å². The van der Waals surface area contributed by atoms with E-state index in [1.807, 2.05) is 55.5 Å². The molecular weight excluding hydrogens is 404 g/mol. The van der Waals surface area contributed by atoms with Gasteiger partial charge in [0.15, 0.2) is 5.58 Å². The number of aromatic nitrogens is 3. The number of amides is 1. The Bertz CT molecular complexity index is 1470. The molecular formula is C25H20N4O3. The number of carbonyl (C=O) groups is 1. The van der Waals surface area contributed by atoms with E-state index >= 15 is 0 Å². The molecule has 5 rings (SSSR count). The zero-order valence-electron chi connectivity index (χ0n) is 17.4. The molecule has 0 spiro atoms. The molecule has 0 unspecified atom stereocenters. The summed E-state index contributed by atoms with van der Waals surface area (Å²) in [6.07, 6.45) is 1.66. The van der Waals surface area contributed by atoms with Crippen LogP contribution in [-0.2, 0) is 11.3 Å². The SMILES string of the molecule is Cc1cccc2c(=O)n(CCC(=O)Nc3ccc(-c4nc5ccccc5o4)cc3)cnc12. The van der Waals surface area contributed by atoms with Gasteiger partial charge in [0.05, 0.1) is 17.2 Å². The van der Waals surface area contributed by atoms with Gasteiger partial charge in [0.25, 0.3) is 5.56 Å². The van der Waals surface area contributed by atoms with Crippen LogP contribution in [0.4, 0.5) is 5.69 Å². The number of oxazole rings is 1. The summed E-state index contributed by atoms with van der Waals surface area (Å²) in [5.74, 6) is 0.346. The van der Waals surface area contributed by atoms with Crippen LogP contribution >= 0.6 is 0 Å². The predicted molar refractivity (Wildman–Crippen MR) is 123 cm³/mol. The van der Waals surface area contributed by atoms with Crippen LogP contribution in [0, 0.1) is 6.92 Å². The third kappa shape index (κ3) is 3.76. The van der Waals surface area contributed by atoms with E-state index in [2.05, 4.69) is 15.3 Å². The number of hydrogen-bond donors (Lipinski definition) is 1. The fourth-order valence-corrected chi connectivity index (χ4v) is 3.63. The lowest BCUT2D eigenvalue weighted by atomic mass is 10.1. The molecule has 0 aliphatic carbocycles. The van der Waals surface area contributed by atoms with Crippen molar-refractivity contribution in [3.05, 3.63) is 89.0 Å². The molecule has 0 saturated heterocycles. The van der Waals surface area contributed by atoms with Crippen molar-refractivity contribution in [2.75, 3.05) is 5.32 Å². The van der Waals surface area contributed by atoms with E-state index in [9.17, 15) is 9.59 Å². The molecule has 2 aromatic heterocycles. The topological polar surface area (TPSA) is 90.0 Å². The van der Waals surface area contributed by atoms with Gasteiger partial charge in [-0.05, 0) is 55.0 Å². The normalized spacial score (nSPS) is 11.2. The van der Waals surface area contributed by atoms with Gasteiger partial charge in [-0.3, -0.25) is 14.2 Å². The number of anilines is 1. The molecule has 0 bridgehead atoms. The summed E-state index contributed by atoms with van der Waals surface area (Å²) in [7, 11) is 0. The van der Waals surface area contributed by atoms with Crippen molar-refractivity contribution in [2.24, 2.45) is 0 Å². The highest BCUT2D eigenvalue weighted by Gasteiger charge is 2.10. The van der Waals surface area contributed by atoms with Gasteiger partial charge in [0.1, 0.15) is 5.52 Å². The van der Waals surface area contributed by atoms with Gasteiger partial charge in [-0.1, -0.05) is 24.3 Å². The Balaban J connectivity index is 1.25. The van der Waals surface area contributed by atoms with E-state index in [0.717, 1.165) is 22.2 Å². The molecule has 2 heterocycles. The zero-order valence-corrected chi connectivity index (χ0v) is 17.4. The molecule has 7 nitrogen and oxygen atoms in total. The van der Waals surface area contributed by atoms with Crippen LogP contribution in [0.15, 0.2) is 82.3 Å². The number of rotatable bonds is 5. The van der Waals surface area contributed by atoms with Gasteiger partial charge >= 0.3 is 0 Å². The smallest absolute Gasteiger partial charge is 0.261 e. The third-order valence-electron chi connectivity index (χ3n) is 5.34. The summed E-state index contributed by atoms with van der Waals surface area (Å²) < 4.78 is 7.24. The number of aryl methyl sites for hydroxylation is 2. The summed E-state index contributed by atoms with van der Waals surface area (Å²) in [5, 5.41) is 3.42. The maximum atomic E-state index is 12.7. The molecule has 7 heteroatoms. The van der Waals surface area contributed by atoms with Crippen molar-refractivity contribution >= 4 is 33.6 Å². The second kappa shape index (κ2) is 8.11. The first-order valence-corrected chi connectivity index (χ1v) is 10.3. The van der Waals surface area contributed by atoms with Crippen LogP contribution in [0.3, 0.4) is 0 Å². The molecule has 0 fully saturated rings. The lowest BCUT2D eigenvalue weighted by molar-refractivity contribution is -0.116. The molecule has 0 atom stereocenters. The molecule has 1 N–H and O–H groups in total. The number of carbonyl (C=O) groups excluding carboxylic acids is 1. The molecule has 0 aliphatic heterocycles. The zero-order chi connectivity index (χ0) is 22.1. The van der Waals surface area contributed by atoms with E-state index in [-0.39, 0.29) is 24.4 Å². The first kappa shape index (κ1) is 19.7. The average Bonchev–Trinajstić information content (AvgIpc) is 3.24. The summed E-state index contributed by atoms with van der Waals surface area (Å²) in [4.78, 5) is 33.9. The van der Waals surface area contributed by atoms with Gasteiger partial charge < -0.3 is 9.73 Å². The Morgan fingerprint density at radius 3 is 2.66 bits per heavy atom. The second-order valence-electron chi connectivity index (χ2n) is 7.58. The molecule has 0 radical (unpaired) electrons. The molecule has 0 aliphatic rings. The Morgan fingerprint density at radius 2 is 1.84 bits per heavy atom. The number of fused-ring (bicyclic) bond motifs is 2. The van der Waals surface area contributed by atoms with Crippen LogP contribution in [0.1, 0.15) is 12.0 Å². The van der Waals surface area contributed by atoms with E-state index < -0.39 is 0 Å². The molecule has 32 heavy (non-hydrogen) atoms. The minimum absolute atomic E-state index is 0.144. The lowest BCUT2D eigenvalue weighted by Gasteiger charge is -2.09. The quantitative estimate of drug-likeness (QED) is 0.447. The molecule has 1 amide bonds. The lowest BCUT2D eigenvalue weighted by Crippen LogP contribution is -2.23. The van der Waals surface area contributed by atoms with Crippen LogP contribution in [0.5, 0.6) is 0 Å². The van der Waals surface area contributed by atoms with Crippen LogP contribution in [0.25, 0.3) is 33.5 Å². The van der Waals surface area contributed by atoms with Gasteiger partial charge in [-0.15, -0.1) is 0 Å². The third-order valence-corrected chi connectivity index (χ3v) is 5.34. The highest BCUT2D eigenvalue weighted by molar-refractivity contribution is 5.91. The summed E-state index contributed by atoms with van der Waals surface area (Å²) in [6.45, 7) is 2.17. The Hall–Kier alpha value is -4.26. The van der Waals surface area contributed by atoms with Crippen LogP contribution in [0.2, 0.25) is 0 Å². The van der Waals surface area contributed by atoms with E-state index in [4.69, 9.17) is 4.42 Å². The van der Waals surface area contributed by atoms with Crippen LogP contribution < -0.4 is 10.9 Å². The van der Waals surface area contributed by atoms with E-state index in [1.54, 1.807) is 18.2 Å².